The lowest BCUT2D eigenvalue weighted by atomic mass is 10.2. The van der Waals surface area contributed by atoms with Crippen molar-refractivity contribution in [2.45, 2.75) is 6.54 Å². The van der Waals surface area contributed by atoms with Gasteiger partial charge in [0.25, 0.3) is 0 Å². The first kappa shape index (κ1) is 16.4. The number of rotatable bonds is 5. The molecule has 10 heteroatoms. The first-order chi connectivity index (χ1) is 13.3. The molecule has 0 spiro atoms. The number of carbonyl (C=O) groups excluding carboxylic acids is 1. The van der Waals surface area contributed by atoms with Crippen LogP contribution in [0.5, 0.6) is 0 Å². The Labute approximate surface area is 153 Å². The van der Waals surface area contributed by atoms with Crippen LogP contribution in [0.1, 0.15) is 5.56 Å². The maximum atomic E-state index is 12.3. The van der Waals surface area contributed by atoms with Gasteiger partial charge >= 0.3 is 6.03 Å². The van der Waals surface area contributed by atoms with E-state index in [1.165, 1.54) is 11.0 Å². The van der Waals surface area contributed by atoms with Crippen molar-refractivity contribution in [3.63, 3.8) is 0 Å². The lowest BCUT2D eigenvalue weighted by Gasteiger charge is -2.11. The highest BCUT2D eigenvalue weighted by Gasteiger charge is 2.09. The van der Waals surface area contributed by atoms with Gasteiger partial charge in [-0.3, -0.25) is 0 Å². The molecule has 0 aliphatic heterocycles. The molecule has 134 valence electrons. The molecule has 0 saturated carbocycles. The van der Waals surface area contributed by atoms with Crippen LogP contribution >= 0.6 is 0 Å². The number of aromatic nitrogens is 7. The number of anilines is 1. The van der Waals surface area contributed by atoms with Crippen LogP contribution in [0.4, 0.5) is 10.5 Å². The summed E-state index contributed by atoms with van der Waals surface area (Å²) in [6.07, 6.45) is 6.63. The summed E-state index contributed by atoms with van der Waals surface area (Å²) < 4.78 is 3.14. The van der Waals surface area contributed by atoms with Crippen molar-refractivity contribution in [3.8, 4) is 11.5 Å². The maximum absolute atomic E-state index is 12.3. The molecule has 4 aromatic rings. The number of nitrogens with zero attached hydrogens (tertiary/aromatic N) is 7. The summed E-state index contributed by atoms with van der Waals surface area (Å²) in [6, 6.07) is 12.4. The van der Waals surface area contributed by atoms with Crippen LogP contribution in [0.2, 0.25) is 0 Å². The molecule has 0 fully saturated rings. The van der Waals surface area contributed by atoms with Crippen LogP contribution in [0.15, 0.2) is 67.4 Å². The van der Waals surface area contributed by atoms with Gasteiger partial charge in [0, 0.05) is 25.1 Å². The molecule has 1 aromatic carbocycles. The van der Waals surface area contributed by atoms with Crippen LogP contribution in [0.25, 0.3) is 11.5 Å². The van der Waals surface area contributed by atoms with E-state index in [1.807, 2.05) is 42.6 Å². The number of urea groups is 1. The van der Waals surface area contributed by atoms with Crippen molar-refractivity contribution in [3.05, 3.63) is 72.9 Å². The maximum Gasteiger partial charge on any atom is 0.319 e. The fourth-order valence-electron chi connectivity index (χ4n) is 2.50. The Balaban J connectivity index is 1.42. The van der Waals surface area contributed by atoms with Crippen LogP contribution in [-0.2, 0) is 6.54 Å². The van der Waals surface area contributed by atoms with Gasteiger partial charge in [0.1, 0.15) is 6.33 Å². The number of amides is 2. The Kier molecular flexibility index (Phi) is 4.51. The first-order valence-electron chi connectivity index (χ1n) is 8.12. The van der Waals surface area contributed by atoms with Crippen molar-refractivity contribution in [2.24, 2.45) is 0 Å². The molecule has 0 atom stereocenters. The van der Waals surface area contributed by atoms with Gasteiger partial charge in [-0.15, -0.1) is 5.10 Å². The molecule has 0 aliphatic rings. The predicted molar refractivity (Wildman–Crippen MR) is 96.4 cm³/mol. The lowest BCUT2D eigenvalue weighted by molar-refractivity contribution is 0.251. The molecule has 0 unspecified atom stereocenters. The quantitative estimate of drug-likeness (QED) is 0.557. The van der Waals surface area contributed by atoms with E-state index in [4.69, 9.17) is 0 Å². The van der Waals surface area contributed by atoms with Crippen LogP contribution in [0, 0.1) is 0 Å². The minimum atomic E-state index is -0.340. The second-order valence-electron chi connectivity index (χ2n) is 5.55. The molecule has 3 aromatic heterocycles. The van der Waals surface area contributed by atoms with Gasteiger partial charge in [-0.1, -0.05) is 12.1 Å². The van der Waals surface area contributed by atoms with Gasteiger partial charge in [0.05, 0.1) is 11.4 Å². The Hall–Kier alpha value is -4.08. The van der Waals surface area contributed by atoms with Gasteiger partial charge in [-0.05, 0) is 46.3 Å². The molecule has 3 heterocycles. The molecule has 0 saturated heterocycles. The highest BCUT2D eigenvalue weighted by Crippen LogP contribution is 2.18. The van der Waals surface area contributed by atoms with E-state index < -0.39 is 0 Å². The van der Waals surface area contributed by atoms with Crippen LogP contribution < -0.4 is 10.6 Å². The molecule has 0 radical (unpaired) electrons. The Morgan fingerprint density at radius 2 is 2.00 bits per heavy atom. The van der Waals surface area contributed by atoms with Crippen molar-refractivity contribution >= 4 is 11.7 Å². The zero-order valence-corrected chi connectivity index (χ0v) is 14.1. The van der Waals surface area contributed by atoms with E-state index in [0.717, 1.165) is 5.56 Å². The van der Waals surface area contributed by atoms with E-state index in [9.17, 15) is 4.79 Å². The smallest absolute Gasteiger partial charge is 0.319 e. The normalized spacial score (nSPS) is 10.5. The van der Waals surface area contributed by atoms with E-state index in [2.05, 4.69) is 36.2 Å². The highest BCUT2D eigenvalue weighted by molar-refractivity contribution is 5.91. The third-order valence-electron chi connectivity index (χ3n) is 3.75. The molecular formula is C17H15N9O. The SMILES string of the molecule is O=C(NCc1ccnc(-n2cccn2)c1)Nc1ccccc1-n1cnnn1. The van der Waals surface area contributed by atoms with Crippen molar-refractivity contribution < 1.29 is 4.79 Å². The molecule has 2 N–H and O–H groups in total. The summed E-state index contributed by atoms with van der Waals surface area (Å²) in [7, 11) is 0. The van der Waals surface area contributed by atoms with Crippen molar-refractivity contribution in [2.75, 3.05) is 5.32 Å². The molecule has 10 nitrogen and oxygen atoms in total. The monoisotopic (exact) mass is 361 g/mol. The third-order valence-corrected chi connectivity index (χ3v) is 3.75. The van der Waals surface area contributed by atoms with Crippen molar-refractivity contribution in [1.29, 1.82) is 0 Å². The van der Waals surface area contributed by atoms with Crippen molar-refractivity contribution in [1.82, 2.24) is 40.3 Å². The summed E-state index contributed by atoms with van der Waals surface area (Å²) >= 11 is 0. The van der Waals surface area contributed by atoms with Gasteiger partial charge in [-0.25, -0.2) is 14.5 Å². The Morgan fingerprint density at radius 3 is 2.81 bits per heavy atom. The minimum Gasteiger partial charge on any atom is -0.334 e. The Morgan fingerprint density at radius 1 is 1.07 bits per heavy atom. The fraction of sp³-hybridized carbons (Fsp3) is 0.0588. The largest absolute Gasteiger partial charge is 0.334 e. The highest BCUT2D eigenvalue weighted by atomic mass is 16.2. The first-order valence-corrected chi connectivity index (χ1v) is 8.12. The number of tetrazole rings is 1. The summed E-state index contributed by atoms with van der Waals surface area (Å²) in [5.41, 5.74) is 2.16. The summed E-state index contributed by atoms with van der Waals surface area (Å²) in [6.45, 7) is 0.343. The number of hydrogen-bond acceptors (Lipinski definition) is 6. The molecule has 27 heavy (non-hydrogen) atoms. The number of para-hydroxylation sites is 2. The second-order valence-corrected chi connectivity index (χ2v) is 5.55. The molecule has 4 rings (SSSR count). The fourth-order valence-corrected chi connectivity index (χ4v) is 2.50. The van der Waals surface area contributed by atoms with E-state index in [-0.39, 0.29) is 6.03 Å². The van der Waals surface area contributed by atoms with Gasteiger partial charge in [-0.2, -0.15) is 9.78 Å². The number of nitrogens with one attached hydrogen (secondary N) is 2. The molecule has 0 bridgehead atoms. The average Bonchev–Trinajstić information content (AvgIpc) is 3.41. The third kappa shape index (κ3) is 3.79. The molecular weight excluding hydrogens is 346 g/mol. The lowest BCUT2D eigenvalue weighted by Crippen LogP contribution is -2.28. The zero-order valence-electron chi connectivity index (χ0n) is 14.1. The molecule has 2 amide bonds. The number of benzene rings is 1. The minimum absolute atomic E-state index is 0.340. The van der Waals surface area contributed by atoms with Crippen LogP contribution in [-0.4, -0.2) is 41.0 Å². The standard InChI is InChI=1S/C17H15N9O/c27-17(22-14-4-1-2-5-15(14)26-12-20-23-24-26)19-11-13-6-8-18-16(10-13)25-9-3-7-21-25/h1-10,12H,11H2,(H2,19,22,27). The summed E-state index contributed by atoms with van der Waals surface area (Å²) in [4.78, 5) is 16.6. The number of pyridine rings is 1. The van der Waals surface area contributed by atoms with E-state index in [0.29, 0.717) is 23.7 Å². The van der Waals surface area contributed by atoms with E-state index in [1.54, 1.807) is 23.1 Å². The predicted octanol–water partition coefficient (Wildman–Crippen LogP) is 1.56. The Bertz CT molecular complexity index is 1030. The van der Waals surface area contributed by atoms with Crippen LogP contribution in [0.3, 0.4) is 0 Å². The van der Waals surface area contributed by atoms with Gasteiger partial charge in [0.15, 0.2) is 5.82 Å². The second kappa shape index (κ2) is 7.44. The number of carbonyl (C=O) groups is 1. The van der Waals surface area contributed by atoms with Gasteiger partial charge < -0.3 is 10.6 Å². The zero-order chi connectivity index (χ0) is 18.5. The number of hydrogen-bond donors (Lipinski definition) is 2. The average molecular weight is 361 g/mol. The van der Waals surface area contributed by atoms with Gasteiger partial charge in [0.2, 0.25) is 0 Å². The molecule has 0 aliphatic carbocycles. The van der Waals surface area contributed by atoms with E-state index >= 15 is 0 Å². The topological polar surface area (TPSA) is 115 Å². The summed E-state index contributed by atoms with van der Waals surface area (Å²) in [5.74, 6) is 0.684. The summed E-state index contributed by atoms with van der Waals surface area (Å²) in [5, 5.41) is 20.9.